The third kappa shape index (κ3) is 10.4. The molecule has 0 aliphatic rings. The van der Waals surface area contributed by atoms with E-state index in [1.807, 2.05) is 55.5 Å². The van der Waals surface area contributed by atoms with Gasteiger partial charge in [-0.15, -0.1) is 22.7 Å². The molecule has 9 nitrogen and oxygen atoms in total. The number of hydrogen-bond donors (Lipinski definition) is 2. The van der Waals surface area contributed by atoms with E-state index in [1.165, 1.54) is 0 Å². The first-order valence-electron chi connectivity index (χ1n) is 18.2. The van der Waals surface area contributed by atoms with Gasteiger partial charge in [-0.1, -0.05) is 67.2 Å². The lowest BCUT2D eigenvalue weighted by molar-refractivity contribution is -0.140. The lowest BCUT2D eigenvalue weighted by Gasteiger charge is -2.25. The standard InChI is InChI=1S/C44H40N4O5S4/c1-3-26-53-44(54)55-29-41(49)52-27-10-25-47-42(50)35(30(2)36(28-45)43(47)51)23-24-46-40-22-21-39(57-40)38-20-19-37(56-38)31-15-17-34(18-16-31)48(32-11-6-4-7-12-32)33-13-8-5-9-14-33/h4-9,11-24,46,50H,3,10,25-27,29H2,1-2H3. The van der Waals surface area contributed by atoms with Crippen LogP contribution < -0.4 is 15.8 Å². The lowest BCUT2D eigenvalue weighted by atomic mass is 10.1. The molecule has 3 aromatic heterocycles. The Labute approximate surface area is 349 Å². The summed E-state index contributed by atoms with van der Waals surface area (Å²) < 4.78 is 12.0. The monoisotopic (exact) mass is 832 g/mol. The number of aromatic nitrogens is 1. The van der Waals surface area contributed by atoms with Crippen molar-refractivity contribution in [1.29, 1.82) is 5.26 Å². The summed E-state index contributed by atoms with van der Waals surface area (Å²) in [5, 5.41) is 25.0. The third-order valence-corrected chi connectivity index (χ3v) is 12.3. The maximum absolute atomic E-state index is 13.1. The average molecular weight is 833 g/mol. The number of esters is 1. The minimum absolute atomic E-state index is 0.0121. The molecule has 0 aliphatic carbocycles. The molecule has 290 valence electrons. The Morgan fingerprint density at radius 3 is 2.19 bits per heavy atom. The number of carbonyl (C=O) groups is 1. The van der Waals surface area contributed by atoms with Gasteiger partial charge in [0, 0.05) is 50.0 Å². The second-order valence-corrected chi connectivity index (χ2v) is 16.4. The van der Waals surface area contributed by atoms with Crippen molar-refractivity contribution in [3.63, 3.8) is 0 Å². The first kappa shape index (κ1) is 41.0. The number of aromatic hydroxyl groups is 1. The van der Waals surface area contributed by atoms with Gasteiger partial charge in [0.2, 0.25) is 10.3 Å². The molecule has 57 heavy (non-hydrogen) atoms. The molecule has 0 amide bonds. The van der Waals surface area contributed by atoms with E-state index in [9.17, 15) is 20.0 Å². The van der Waals surface area contributed by atoms with E-state index in [0.29, 0.717) is 17.7 Å². The molecule has 0 radical (unpaired) electrons. The van der Waals surface area contributed by atoms with Crippen molar-refractivity contribution >= 4 is 85.1 Å². The summed E-state index contributed by atoms with van der Waals surface area (Å²) in [6.07, 6.45) is 4.39. The Morgan fingerprint density at radius 1 is 0.895 bits per heavy atom. The normalized spacial score (nSPS) is 11.0. The van der Waals surface area contributed by atoms with Crippen LogP contribution in [0.25, 0.3) is 26.3 Å². The number of nitriles is 1. The Kier molecular flexibility index (Phi) is 14.4. The van der Waals surface area contributed by atoms with Gasteiger partial charge >= 0.3 is 5.97 Å². The number of nitrogens with one attached hydrogen (secondary N) is 1. The van der Waals surface area contributed by atoms with Crippen molar-refractivity contribution in [2.45, 2.75) is 33.2 Å². The number of benzene rings is 3. The lowest BCUT2D eigenvalue weighted by Crippen LogP contribution is -2.25. The summed E-state index contributed by atoms with van der Waals surface area (Å²) in [6.45, 7) is 4.15. The van der Waals surface area contributed by atoms with Gasteiger partial charge in [-0.05, 0) is 110 Å². The number of nitrogens with zero attached hydrogens (tertiary/aromatic N) is 3. The van der Waals surface area contributed by atoms with Crippen LogP contribution in [0.15, 0.2) is 120 Å². The van der Waals surface area contributed by atoms with Crippen LogP contribution in [0.1, 0.15) is 36.5 Å². The number of ether oxygens (including phenoxy) is 2. The smallest absolute Gasteiger partial charge is 0.316 e. The molecule has 0 aliphatic heterocycles. The van der Waals surface area contributed by atoms with Gasteiger partial charge in [-0.3, -0.25) is 14.2 Å². The van der Waals surface area contributed by atoms with E-state index in [-0.39, 0.29) is 41.2 Å². The maximum Gasteiger partial charge on any atom is 0.316 e. The second kappa shape index (κ2) is 20.0. The number of rotatable bonds is 16. The van der Waals surface area contributed by atoms with E-state index in [1.54, 1.807) is 41.9 Å². The molecule has 6 aromatic rings. The Balaban J connectivity index is 1.08. The van der Waals surface area contributed by atoms with Gasteiger partial charge < -0.3 is 24.8 Å². The number of hydrogen-bond acceptors (Lipinski definition) is 12. The fourth-order valence-corrected chi connectivity index (χ4v) is 8.66. The molecule has 3 aromatic carbocycles. The highest BCUT2D eigenvalue weighted by molar-refractivity contribution is 8.23. The fourth-order valence-electron chi connectivity index (χ4n) is 5.93. The first-order valence-corrected chi connectivity index (χ1v) is 21.3. The number of thioether (sulfide) groups is 1. The third-order valence-electron chi connectivity index (χ3n) is 8.74. The van der Waals surface area contributed by atoms with Crippen LogP contribution in [0, 0.1) is 18.3 Å². The Hall–Kier alpha value is -5.65. The average Bonchev–Trinajstić information content (AvgIpc) is 3.92. The van der Waals surface area contributed by atoms with Crippen LogP contribution >= 0.6 is 46.7 Å². The van der Waals surface area contributed by atoms with Crippen molar-refractivity contribution in [2.75, 3.05) is 29.2 Å². The predicted molar refractivity (Wildman–Crippen MR) is 239 cm³/mol. The summed E-state index contributed by atoms with van der Waals surface area (Å²) in [5.74, 6) is -0.723. The molecule has 2 N–H and O–H groups in total. The Bertz CT molecular complexity index is 2400. The molecule has 13 heteroatoms. The molecular weight excluding hydrogens is 793 g/mol. The molecule has 0 saturated heterocycles. The zero-order chi connectivity index (χ0) is 40.1. The molecule has 0 spiro atoms. The summed E-state index contributed by atoms with van der Waals surface area (Å²) in [6, 6.07) is 39.6. The topological polar surface area (TPSA) is 117 Å². The van der Waals surface area contributed by atoms with Crippen LogP contribution in [-0.2, 0) is 20.8 Å². The summed E-state index contributed by atoms with van der Waals surface area (Å²) >= 11 is 9.47. The van der Waals surface area contributed by atoms with E-state index in [4.69, 9.17) is 21.7 Å². The highest BCUT2D eigenvalue weighted by atomic mass is 32.2. The summed E-state index contributed by atoms with van der Waals surface area (Å²) in [5.41, 5.74) is 4.44. The van der Waals surface area contributed by atoms with Gasteiger partial charge in [0.25, 0.3) is 5.56 Å². The number of carbonyl (C=O) groups excluding carboxylic acids is 1. The van der Waals surface area contributed by atoms with E-state index < -0.39 is 11.5 Å². The van der Waals surface area contributed by atoms with Gasteiger partial charge in [-0.2, -0.15) is 5.26 Å². The highest BCUT2D eigenvalue weighted by Gasteiger charge is 2.18. The van der Waals surface area contributed by atoms with Gasteiger partial charge in [0.1, 0.15) is 11.6 Å². The van der Waals surface area contributed by atoms with Crippen molar-refractivity contribution in [1.82, 2.24) is 4.57 Å². The van der Waals surface area contributed by atoms with Gasteiger partial charge in [0.15, 0.2) is 0 Å². The van der Waals surface area contributed by atoms with Crippen molar-refractivity contribution in [3.8, 4) is 32.1 Å². The second-order valence-electron chi connectivity index (χ2n) is 12.6. The van der Waals surface area contributed by atoms with E-state index in [2.05, 4.69) is 76.9 Å². The van der Waals surface area contributed by atoms with Crippen LogP contribution in [0.5, 0.6) is 5.88 Å². The summed E-state index contributed by atoms with van der Waals surface area (Å²) in [7, 11) is 0. The van der Waals surface area contributed by atoms with Crippen molar-refractivity contribution < 1.29 is 19.4 Å². The number of thiophene rings is 2. The minimum atomic E-state index is -0.603. The Morgan fingerprint density at radius 2 is 1.53 bits per heavy atom. The number of anilines is 4. The SMILES string of the molecule is CCCOC(=S)SCC(=O)OCCCn1c(O)c(C=CNc2ccc(-c3ccc(-c4ccc(N(c5ccccc5)c5ccccc5)cc4)s3)s2)c(C)c(C#N)c1=O. The first-order chi connectivity index (χ1) is 27.8. The largest absolute Gasteiger partial charge is 0.494 e. The van der Waals surface area contributed by atoms with Crippen LogP contribution in [0.4, 0.5) is 22.1 Å². The molecule has 0 saturated carbocycles. The fraction of sp³-hybridized carbons (Fsp3) is 0.182. The maximum atomic E-state index is 13.1. The van der Waals surface area contributed by atoms with E-state index in [0.717, 1.165) is 65.0 Å². The zero-order valence-corrected chi connectivity index (χ0v) is 34.6. The van der Waals surface area contributed by atoms with Gasteiger partial charge in [0.05, 0.1) is 24.0 Å². The number of para-hydroxylation sites is 2. The minimum Gasteiger partial charge on any atom is -0.494 e. The highest BCUT2D eigenvalue weighted by Crippen LogP contribution is 2.41. The molecule has 0 bridgehead atoms. The summed E-state index contributed by atoms with van der Waals surface area (Å²) in [4.78, 5) is 30.8. The molecule has 3 heterocycles. The molecule has 0 atom stereocenters. The van der Waals surface area contributed by atoms with Crippen molar-refractivity contribution in [3.05, 3.63) is 142 Å². The number of thiocarbonyl (C=S) groups is 1. The van der Waals surface area contributed by atoms with Crippen LogP contribution in [0.3, 0.4) is 0 Å². The van der Waals surface area contributed by atoms with E-state index >= 15 is 0 Å². The van der Waals surface area contributed by atoms with Crippen molar-refractivity contribution in [2.24, 2.45) is 0 Å². The van der Waals surface area contributed by atoms with Gasteiger partial charge in [-0.25, -0.2) is 0 Å². The van der Waals surface area contributed by atoms with Crippen LogP contribution in [-0.4, -0.2) is 39.0 Å². The molecule has 0 fully saturated rings. The predicted octanol–water partition coefficient (Wildman–Crippen LogP) is 11.1. The molecule has 6 rings (SSSR count). The quantitative estimate of drug-likeness (QED) is 0.0554. The van der Waals surface area contributed by atoms with Crippen LogP contribution in [0.2, 0.25) is 0 Å². The zero-order valence-electron chi connectivity index (χ0n) is 31.3. The molecular formula is C44H40N4O5S4. The molecule has 0 unspecified atom stereocenters. The number of pyridine rings is 1.